The van der Waals surface area contributed by atoms with Gasteiger partial charge in [-0.05, 0) is 54.5 Å². The lowest BCUT2D eigenvalue weighted by atomic mass is 10.1. The Balaban J connectivity index is 1.36. The number of thioether (sulfide) groups is 1. The van der Waals surface area contributed by atoms with Crippen LogP contribution in [0.2, 0.25) is 10.0 Å². The standard InChI is InChI=1S/C26H20Cl2N2O3S2/c1-16(18-5-3-2-4-6-18)30-25(32)23(35-26(30)34)13-17-7-10-20(11-8-17)33-15-24(31)29-22-12-9-19(27)14-21(22)28/h2-14,16H,15H2,1H3,(H,29,31)/b23-13-/t16-/m0/s1. The number of carbonyl (C=O) groups excluding carboxylic acids is 2. The van der Waals surface area contributed by atoms with Crippen molar-refractivity contribution < 1.29 is 14.3 Å². The molecule has 1 saturated heterocycles. The van der Waals surface area contributed by atoms with Gasteiger partial charge in [-0.15, -0.1) is 0 Å². The molecule has 1 fully saturated rings. The third-order valence-corrected chi connectivity index (χ3v) is 7.12. The topological polar surface area (TPSA) is 58.6 Å². The quantitative estimate of drug-likeness (QED) is 0.258. The molecule has 3 aromatic carbocycles. The molecule has 3 aromatic rings. The van der Waals surface area contributed by atoms with Crippen LogP contribution in [0.1, 0.15) is 24.1 Å². The fraction of sp³-hybridized carbons (Fsp3) is 0.115. The van der Waals surface area contributed by atoms with Gasteiger partial charge in [0.25, 0.3) is 11.8 Å². The Morgan fingerprint density at radius 1 is 1.11 bits per heavy atom. The maximum absolute atomic E-state index is 13.0. The van der Waals surface area contributed by atoms with Crippen LogP contribution in [0, 0.1) is 0 Å². The summed E-state index contributed by atoms with van der Waals surface area (Å²) in [4.78, 5) is 27.4. The maximum atomic E-state index is 13.0. The summed E-state index contributed by atoms with van der Waals surface area (Å²) < 4.78 is 6.09. The fourth-order valence-electron chi connectivity index (χ4n) is 3.43. The summed E-state index contributed by atoms with van der Waals surface area (Å²) in [5.74, 6) is 0.0495. The average Bonchev–Trinajstić information content (AvgIpc) is 3.13. The molecule has 0 aliphatic carbocycles. The van der Waals surface area contributed by atoms with Crippen molar-refractivity contribution in [1.82, 2.24) is 4.90 Å². The lowest BCUT2D eigenvalue weighted by Crippen LogP contribution is -2.30. The first-order valence-corrected chi connectivity index (χ1v) is 12.6. The van der Waals surface area contributed by atoms with E-state index in [-0.39, 0.29) is 24.5 Å². The number of nitrogens with zero attached hydrogens (tertiary/aromatic N) is 1. The van der Waals surface area contributed by atoms with Crippen LogP contribution in [-0.4, -0.2) is 27.6 Å². The molecule has 5 nitrogen and oxygen atoms in total. The third kappa shape index (κ3) is 6.24. The van der Waals surface area contributed by atoms with E-state index in [1.807, 2.05) is 49.4 Å². The Labute approximate surface area is 223 Å². The van der Waals surface area contributed by atoms with Gasteiger partial charge in [0.1, 0.15) is 10.1 Å². The zero-order chi connectivity index (χ0) is 24.9. The van der Waals surface area contributed by atoms with Gasteiger partial charge < -0.3 is 10.1 Å². The van der Waals surface area contributed by atoms with Crippen molar-refractivity contribution in [2.24, 2.45) is 0 Å². The van der Waals surface area contributed by atoms with Crippen LogP contribution in [0.5, 0.6) is 5.75 Å². The monoisotopic (exact) mass is 542 g/mol. The summed E-state index contributed by atoms with van der Waals surface area (Å²) in [5, 5.41) is 3.51. The van der Waals surface area contributed by atoms with E-state index < -0.39 is 0 Å². The molecule has 1 heterocycles. The van der Waals surface area contributed by atoms with Gasteiger partial charge in [-0.2, -0.15) is 0 Å². The summed E-state index contributed by atoms with van der Waals surface area (Å²) in [7, 11) is 0. The van der Waals surface area contributed by atoms with Crippen LogP contribution < -0.4 is 10.1 Å². The van der Waals surface area contributed by atoms with E-state index in [4.69, 9.17) is 40.2 Å². The van der Waals surface area contributed by atoms with E-state index in [9.17, 15) is 9.59 Å². The van der Waals surface area contributed by atoms with Gasteiger partial charge in [-0.3, -0.25) is 14.5 Å². The van der Waals surface area contributed by atoms with Gasteiger partial charge in [0.05, 0.1) is 21.7 Å². The zero-order valence-corrected chi connectivity index (χ0v) is 21.7. The van der Waals surface area contributed by atoms with Crippen LogP contribution in [0.4, 0.5) is 5.69 Å². The van der Waals surface area contributed by atoms with E-state index in [2.05, 4.69) is 5.32 Å². The molecule has 2 amide bonds. The average molecular weight is 543 g/mol. The van der Waals surface area contributed by atoms with Gasteiger partial charge in [0, 0.05) is 5.02 Å². The number of benzene rings is 3. The summed E-state index contributed by atoms with van der Waals surface area (Å²) in [6, 6.07) is 21.6. The normalized spacial score (nSPS) is 15.4. The second kappa shape index (κ2) is 11.3. The number of rotatable bonds is 7. The van der Waals surface area contributed by atoms with E-state index in [0.29, 0.717) is 30.7 Å². The van der Waals surface area contributed by atoms with Crippen LogP contribution in [-0.2, 0) is 9.59 Å². The Kier molecular flexibility index (Phi) is 8.13. The van der Waals surface area contributed by atoms with Gasteiger partial charge in [0.2, 0.25) is 0 Å². The molecule has 0 radical (unpaired) electrons. The van der Waals surface area contributed by atoms with Crippen LogP contribution in [0.3, 0.4) is 0 Å². The van der Waals surface area contributed by atoms with Crippen molar-refractivity contribution in [3.8, 4) is 5.75 Å². The smallest absolute Gasteiger partial charge is 0.266 e. The van der Waals surface area contributed by atoms with Crippen molar-refractivity contribution in [2.45, 2.75) is 13.0 Å². The van der Waals surface area contributed by atoms with Crippen molar-refractivity contribution in [1.29, 1.82) is 0 Å². The van der Waals surface area contributed by atoms with E-state index in [1.54, 1.807) is 41.3 Å². The van der Waals surface area contributed by atoms with Gasteiger partial charge in [-0.1, -0.05) is 89.6 Å². The van der Waals surface area contributed by atoms with Crippen LogP contribution >= 0.6 is 47.2 Å². The van der Waals surface area contributed by atoms with Gasteiger partial charge in [0.15, 0.2) is 6.61 Å². The maximum Gasteiger partial charge on any atom is 0.266 e. The Morgan fingerprint density at radius 3 is 2.51 bits per heavy atom. The minimum Gasteiger partial charge on any atom is -0.484 e. The van der Waals surface area contributed by atoms with Gasteiger partial charge in [-0.25, -0.2) is 0 Å². The van der Waals surface area contributed by atoms with E-state index >= 15 is 0 Å². The number of carbonyl (C=O) groups is 2. The highest BCUT2D eigenvalue weighted by Crippen LogP contribution is 2.38. The molecular weight excluding hydrogens is 523 g/mol. The van der Waals surface area contributed by atoms with Gasteiger partial charge >= 0.3 is 0 Å². The molecule has 9 heteroatoms. The van der Waals surface area contributed by atoms with E-state index in [0.717, 1.165) is 11.1 Å². The molecule has 0 saturated carbocycles. The highest BCUT2D eigenvalue weighted by molar-refractivity contribution is 8.26. The number of nitrogens with one attached hydrogen (secondary N) is 1. The summed E-state index contributed by atoms with van der Waals surface area (Å²) in [5.41, 5.74) is 2.30. The number of ether oxygens (including phenoxy) is 1. The first-order valence-electron chi connectivity index (χ1n) is 10.6. The number of thiocarbonyl (C=S) groups is 1. The zero-order valence-electron chi connectivity index (χ0n) is 18.5. The summed E-state index contributed by atoms with van der Waals surface area (Å²) in [6.07, 6.45) is 1.80. The van der Waals surface area contributed by atoms with Crippen molar-refractivity contribution in [3.05, 3.63) is 98.9 Å². The molecular formula is C26H20Cl2N2O3S2. The van der Waals surface area contributed by atoms with E-state index in [1.165, 1.54) is 11.8 Å². The molecule has 0 spiro atoms. The van der Waals surface area contributed by atoms with Crippen LogP contribution in [0.15, 0.2) is 77.7 Å². The number of hydrogen-bond donors (Lipinski definition) is 1. The molecule has 0 aromatic heterocycles. The predicted octanol–water partition coefficient (Wildman–Crippen LogP) is 6.97. The highest BCUT2D eigenvalue weighted by Gasteiger charge is 2.35. The van der Waals surface area contributed by atoms with Crippen molar-refractivity contribution in [3.63, 3.8) is 0 Å². The lowest BCUT2D eigenvalue weighted by Gasteiger charge is -2.23. The molecule has 1 N–H and O–H groups in total. The molecule has 1 aliphatic heterocycles. The molecule has 4 rings (SSSR count). The minimum atomic E-state index is -0.352. The fourth-order valence-corrected chi connectivity index (χ4v) is 5.31. The molecule has 178 valence electrons. The predicted molar refractivity (Wildman–Crippen MR) is 147 cm³/mol. The Hall–Kier alpha value is -2.84. The largest absolute Gasteiger partial charge is 0.484 e. The number of hydrogen-bond acceptors (Lipinski definition) is 5. The highest BCUT2D eigenvalue weighted by atomic mass is 35.5. The molecule has 35 heavy (non-hydrogen) atoms. The number of halogens is 2. The third-order valence-electron chi connectivity index (χ3n) is 5.25. The second-order valence-corrected chi connectivity index (χ2v) is 10.2. The Bertz CT molecular complexity index is 1300. The number of anilines is 1. The summed E-state index contributed by atoms with van der Waals surface area (Å²) >= 11 is 18.7. The first-order chi connectivity index (χ1) is 16.8. The first kappa shape index (κ1) is 25.3. The molecule has 1 atom stereocenters. The van der Waals surface area contributed by atoms with Crippen LogP contribution in [0.25, 0.3) is 6.08 Å². The van der Waals surface area contributed by atoms with Crippen molar-refractivity contribution >= 4 is 75.1 Å². The lowest BCUT2D eigenvalue weighted by molar-refractivity contribution is -0.123. The summed E-state index contributed by atoms with van der Waals surface area (Å²) in [6.45, 7) is 1.78. The second-order valence-electron chi connectivity index (χ2n) is 7.67. The number of amides is 2. The Morgan fingerprint density at radius 2 is 1.83 bits per heavy atom. The van der Waals surface area contributed by atoms with Crippen molar-refractivity contribution in [2.75, 3.05) is 11.9 Å². The molecule has 0 bridgehead atoms. The SMILES string of the molecule is C[C@@H](c1ccccc1)N1C(=O)/C(=C/c2ccc(OCC(=O)Nc3ccc(Cl)cc3Cl)cc2)SC1=S. The molecule has 0 unspecified atom stereocenters. The minimum absolute atomic E-state index is 0.116. The molecule has 1 aliphatic rings.